The number of rotatable bonds is 5. The lowest BCUT2D eigenvalue weighted by atomic mass is 9.89. The van der Waals surface area contributed by atoms with E-state index in [1.807, 2.05) is 44.2 Å². The van der Waals surface area contributed by atoms with Crippen LogP contribution in [0.3, 0.4) is 0 Å². The fraction of sp³-hybridized carbons (Fsp3) is 0.450. The highest BCUT2D eigenvalue weighted by atomic mass is 16.5. The molecule has 27 heavy (non-hydrogen) atoms. The quantitative estimate of drug-likeness (QED) is 0.842. The van der Waals surface area contributed by atoms with Crippen LogP contribution >= 0.6 is 0 Å². The van der Waals surface area contributed by atoms with Crippen molar-refractivity contribution in [2.24, 2.45) is 11.8 Å². The highest BCUT2D eigenvalue weighted by Crippen LogP contribution is 2.21. The van der Waals surface area contributed by atoms with E-state index >= 15 is 0 Å². The molecule has 1 aromatic heterocycles. The van der Waals surface area contributed by atoms with E-state index in [1.54, 1.807) is 11.9 Å². The van der Waals surface area contributed by atoms with Gasteiger partial charge in [-0.15, -0.1) is 0 Å². The van der Waals surface area contributed by atoms with Gasteiger partial charge in [-0.25, -0.2) is 0 Å². The molecule has 2 unspecified atom stereocenters. The third kappa shape index (κ3) is 4.95. The van der Waals surface area contributed by atoms with Crippen LogP contribution in [0, 0.1) is 25.7 Å². The molecule has 2 N–H and O–H groups in total. The smallest absolute Gasteiger partial charge is 0.228 e. The maximum Gasteiger partial charge on any atom is 0.228 e. The first-order chi connectivity index (χ1) is 12.9. The summed E-state index contributed by atoms with van der Waals surface area (Å²) in [5, 5.41) is 10.0. The van der Waals surface area contributed by atoms with Gasteiger partial charge in [0.25, 0.3) is 0 Å². The van der Waals surface area contributed by atoms with E-state index < -0.39 is 0 Å². The highest BCUT2D eigenvalue weighted by molar-refractivity contribution is 5.93. The Balaban J connectivity index is 1.56. The lowest BCUT2D eigenvalue weighted by molar-refractivity contribution is -0.136. The first-order valence-electron chi connectivity index (χ1n) is 9.18. The Morgan fingerprint density at radius 2 is 1.93 bits per heavy atom. The van der Waals surface area contributed by atoms with Gasteiger partial charge in [-0.1, -0.05) is 22.9 Å². The van der Waals surface area contributed by atoms with Crippen LogP contribution in [0.4, 0.5) is 5.69 Å². The monoisotopic (exact) mass is 370 g/mol. The fourth-order valence-corrected chi connectivity index (χ4v) is 3.33. The summed E-state index contributed by atoms with van der Waals surface area (Å²) in [7, 11) is 1.75. The molecule has 0 radical (unpaired) electrons. The summed E-state index contributed by atoms with van der Waals surface area (Å²) in [4.78, 5) is 27.0. The first kappa shape index (κ1) is 19.1. The van der Waals surface area contributed by atoms with Crippen LogP contribution in [0.25, 0.3) is 0 Å². The summed E-state index contributed by atoms with van der Waals surface area (Å²) >= 11 is 0. The van der Waals surface area contributed by atoms with E-state index in [2.05, 4.69) is 15.8 Å². The Morgan fingerprint density at radius 3 is 2.59 bits per heavy atom. The second-order valence-electron chi connectivity index (χ2n) is 7.27. The van der Waals surface area contributed by atoms with Crippen molar-refractivity contribution in [3.63, 3.8) is 0 Å². The molecular formula is C20H26N4O3. The van der Waals surface area contributed by atoms with Crippen LogP contribution in [-0.4, -0.2) is 42.0 Å². The van der Waals surface area contributed by atoms with E-state index in [0.29, 0.717) is 31.8 Å². The van der Waals surface area contributed by atoms with Crippen molar-refractivity contribution >= 4 is 17.5 Å². The molecule has 7 nitrogen and oxygen atoms in total. The van der Waals surface area contributed by atoms with Crippen molar-refractivity contribution in [1.82, 2.24) is 15.4 Å². The predicted molar refractivity (Wildman–Crippen MR) is 102 cm³/mol. The van der Waals surface area contributed by atoms with E-state index in [9.17, 15) is 9.59 Å². The second kappa shape index (κ2) is 8.35. The normalized spacial score (nSPS) is 19.5. The molecule has 0 aliphatic carbocycles. The zero-order valence-electron chi connectivity index (χ0n) is 16.0. The van der Waals surface area contributed by atoms with E-state index in [4.69, 9.17) is 4.52 Å². The van der Waals surface area contributed by atoms with Gasteiger partial charge < -0.3 is 20.1 Å². The molecule has 2 heterocycles. The molecule has 1 fully saturated rings. The number of hydrogen-bond acceptors (Lipinski definition) is 5. The van der Waals surface area contributed by atoms with Gasteiger partial charge >= 0.3 is 0 Å². The zero-order valence-corrected chi connectivity index (χ0v) is 16.0. The average Bonchev–Trinajstić information content (AvgIpc) is 3.07. The molecule has 7 heteroatoms. The standard InChI is InChI=1S/C20H26N4O3/c1-13-4-6-17(7-5-13)22-19(25)15-9-16(11-21-10-15)20(26)24(3)12-18-8-14(2)23-27-18/h4-8,15-16,21H,9-12H2,1-3H3,(H,22,25). The molecule has 2 amide bonds. The van der Waals surface area contributed by atoms with Crippen molar-refractivity contribution in [3.8, 4) is 0 Å². The minimum atomic E-state index is -0.241. The molecule has 2 aromatic rings. The van der Waals surface area contributed by atoms with Crippen LogP contribution in [0.1, 0.15) is 23.4 Å². The van der Waals surface area contributed by atoms with Crippen LogP contribution in [0.15, 0.2) is 34.9 Å². The van der Waals surface area contributed by atoms with Crippen molar-refractivity contribution in [2.75, 3.05) is 25.5 Å². The third-order valence-electron chi connectivity index (χ3n) is 4.84. The van der Waals surface area contributed by atoms with Gasteiger partial charge in [-0.2, -0.15) is 0 Å². The van der Waals surface area contributed by atoms with Crippen molar-refractivity contribution in [2.45, 2.75) is 26.8 Å². The minimum absolute atomic E-state index is 0.00406. The van der Waals surface area contributed by atoms with Gasteiger partial charge in [-0.05, 0) is 32.4 Å². The number of nitrogens with zero attached hydrogens (tertiary/aromatic N) is 2. The number of aromatic nitrogens is 1. The minimum Gasteiger partial charge on any atom is -0.359 e. The van der Waals surface area contributed by atoms with Crippen LogP contribution in [0.5, 0.6) is 0 Å². The summed E-state index contributed by atoms with van der Waals surface area (Å²) in [5.41, 5.74) is 2.71. The Morgan fingerprint density at radius 1 is 1.22 bits per heavy atom. The van der Waals surface area contributed by atoms with Crippen molar-refractivity contribution in [1.29, 1.82) is 0 Å². The molecule has 1 saturated heterocycles. The molecule has 0 bridgehead atoms. The number of anilines is 1. The van der Waals surface area contributed by atoms with E-state index in [-0.39, 0.29) is 23.7 Å². The van der Waals surface area contributed by atoms with E-state index in [1.165, 1.54) is 0 Å². The molecule has 3 rings (SSSR count). The number of piperidine rings is 1. The molecule has 2 atom stereocenters. The highest BCUT2D eigenvalue weighted by Gasteiger charge is 2.32. The van der Waals surface area contributed by atoms with Gasteiger partial charge in [0.05, 0.1) is 24.1 Å². The van der Waals surface area contributed by atoms with E-state index in [0.717, 1.165) is 16.9 Å². The SMILES string of the molecule is Cc1ccc(NC(=O)C2CNCC(C(=O)N(C)Cc3cc(C)no3)C2)cc1. The molecule has 144 valence electrons. The van der Waals surface area contributed by atoms with Crippen molar-refractivity contribution < 1.29 is 14.1 Å². The second-order valence-corrected chi connectivity index (χ2v) is 7.27. The predicted octanol–water partition coefficient (Wildman–Crippen LogP) is 2.11. The number of hydrogen-bond donors (Lipinski definition) is 2. The van der Waals surface area contributed by atoms with Crippen molar-refractivity contribution in [3.05, 3.63) is 47.3 Å². The Labute approximate surface area is 159 Å². The molecular weight excluding hydrogens is 344 g/mol. The van der Waals surface area contributed by atoms with Gasteiger partial charge in [0.1, 0.15) is 0 Å². The summed E-state index contributed by atoms with van der Waals surface area (Å²) in [5.74, 6) is 0.124. The lowest BCUT2D eigenvalue weighted by Gasteiger charge is -2.31. The summed E-state index contributed by atoms with van der Waals surface area (Å²) in [6.07, 6.45) is 0.531. The number of benzene rings is 1. The fourth-order valence-electron chi connectivity index (χ4n) is 3.33. The first-order valence-corrected chi connectivity index (χ1v) is 9.18. The molecule has 1 aliphatic heterocycles. The van der Waals surface area contributed by atoms with Crippen LogP contribution < -0.4 is 10.6 Å². The number of aryl methyl sites for hydroxylation is 2. The molecule has 1 aliphatic rings. The van der Waals surface area contributed by atoms with Crippen LogP contribution in [-0.2, 0) is 16.1 Å². The number of nitrogens with one attached hydrogen (secondary N) is 2. The van der Waals surface area contributed by atoms with Gasteiger partial charge in [0.2, 0.25) is 11.8 Å². The molecule has 1 aromatic carbocycles. The van der Waals surface area contributed by atoms with Gasteiger partial charge in [0.15, 0.2) is 5.76 Å². The number of carbonyl (C=O) groups is 2. The Kier molecular flexibility index (Phi) is 5.91. The maximum absolute atomic E-state index is 12.8. The summed E-state index contributed by atoms with van der Waals surface area (Å²) < 4.78 is 5.18. The zero-order chi connectivity index (χ0) is 19.4. The lowest BCUT2D eigenvalue weighted by Crippen LogP contribution is -2.47. The third-order valence-corrected chi connectivity index (χ3v) is 4.84. The Hall–Kier alpha value is -2.67. The summed E-state index contributed by atoms with van der Waals surface area (Å²) in [6, 6.07) is 9.52. The number of carbonyl (C=O) groups excluding carboxylic acids is 2. The maximum atomic E-state index is 12.8. The summed E-state index contributed by atoms with van der Waals surface area (Å²) in [6.45, 7) is 5.37. The Bertz CT molecular complexity index is 800. The van der Waals surface area contributed by atoms with Crippen LogP contribution in [0.2, 0.25) is 0 Å². The van der Waals surface area contributed by atoms with Gasteiger partial charge in [0, 0.05) is 31.9 Å². The number of amides is 2. The topological polar surface area (TPSA) is 87.5 Å². The average molecular weight is 370 g/mol. The molecule has 0 spiro atoms. The molecule has 0 saturated carbocycles. The largest absolute Gasteiger partial charge is 0.359 e. The van der Waals surface area contributed by atoms with Gasteiger partial charge in [-0.3, -0.25) is 9.59 Å².